The number of H-pyrrole nitrogens is 1. The van der Waals surface area contributed by atoms with Gasteiger partial charge in [0.25, 0.3) is 0 Å². The molecular weight excluding hydrogens is 214 g/mol. The van der Waals surface area contributed by atoms with Crippen LogP contribution >= 0.6 is 0 Å². The van der Waals surface area contributed by atoms with E-state index in [-0.39, 0.29) is 0 Å². The Kier molecular flexibility index (Phi) is 7.96. The average Bonchev–Trinajstić information content (AvgIpc) is 2.85. The van der Waals surface area contributed by atoms with Crippen LogP contribution in [-0.2, 0) is 11.2 Å². The van der Waals surface area contributed by atoms with Crippen LogP contribution in [0.15, 0.2) is 6.33 Å². The third kappa shape index (κ3) is 7.53. The second-order valence-corrected chi connectivity index (χ2v) is 3.87. The molecule has 4 heteroatoms. The van der Waals surface area contributed by atoms with E-state index in [1.165, 1.54) is 12.8 Å². The average molecular weight is 235 g/mol. The third-order valence-electron chi connectivity index (χ3n) is 2.42. The molecule has 0 bridgehead atoms. The number of hydrogen-bond donors (Lipinski definition) is 1. The second-order valence-electron chi connectivity index (χ2n) is 3.87. The normalized spacial score (nSPS) is 9.94. The molecule has 0 saturated carbocycles. The summed E-state index contributed by atoms with van der Waals surface area (Å²) in [5.41, 5.74) is 0. The number of unbranched alkanes of at least 4 members (excludes halogenated alkanes) is 3. The van der Waals surface area contributed by atoms with Gasteiger partial charge in [-0.3, -0.25) is 5.10 Å². The van der Waals surface area contributed by atoms with Crippen molar-refractivity contribution in [3.63, 3.8) is 0 Å². The summed E-state index contributed by atoms with van der Waals surface area (Å²) in [7, 11) is 0. The van der Waals surface area contributed by atoms with Gasteiger partial charge in [-0.15, -0.1) is 11.8 Å². The zero-order chi connectivity index (χ0) is 12.2. The monoisotopic (exact) mass is 235 g/mol. The maximum atomic E-state index is 5.54. The van der Waals surface area contributed by atoms with Gasteiger partial charge in [-0.2, -0.15) is 5.10 Å². The Labute approximate surface area is 103 Å². The molecule has 0 spiro atoms. The minimum absolute atomic E-state index is 0.795. The van der Waals surface area contributed by atoms with Gasteiger partial charge in [0.2, 0.25) is 0 Å². The highest BCUT2D eigenvalue weighted by Crippen LogP contribution is 2.00. The summed E-state index contributed by atoms with van der Waals surface area (Å²) >= 11 is 0. The van der Waals surface area contributed by atoms with Crippen LogP contribution in [0.2, 0.25) is 0 Å². The predicted molar refractivity (Wildman–Crippen MR) is 67.4 cm³/mol. The van der Waals surface area contributed by atoms with Gasteiger partial charge in [0.05, 0.1) is 0 Å². The molecule has 0 saturated heterocycles. The number of aromatic nitrogens is 3. The SMILES string of the molecule is CC#CCCCCCOCCCc1nc[nH]n1. The molecule has 0 aromatic carbocycles. The molecular formula is C13H21N3O. The zero-order valence-corrected chi connectivity index (χ0v) is 10.5. The largest absolute Gasteiger partial charge is 0.381 e. The molecule has 0 aliphatic carbocycles. The minimum atomic E-state index is 0.795. The van der Waals surface area contributed by atoms with Gasteiger partial charge in [-0.25, -0.2) is 4.98 Å². The first kappa shape index (κ1) is 13.7. The third-order valence-corrected chi connectivity index (χ3v) is 2.42. The van der Waals surface area contributed by atoms with E-state index in [1.54, 1.807) is 6.33 Å². The zero-order valence-electron chi connectivity index (χ0n) is 10.5. The fourth-order valence-electron chi connectivity index (χ4n) is 1.51. The van der Waals surface area contributed by atoms with E-state index in [0.717, 1.165) is 44.7 Å². The number of hydrogen-bond acceptors (Lipinski definition) is 3. The summed E-state index contributed by atoms with van der Waals surface area (Å²) in [6.45, 7) is 3.54. The summed E-state index contributed by atoms with van der Waals surface area (Å²) in [6, 6.07) is 0. The first-order valence-corrected chi connectivity index (χ1v) is 6.25. The lowest BCUT2D eigenvalue weighted by Crippen LogP contribution is -1.99. The van der Waals surface area contributed by atoms with Gasteiger partial charge in [0.15, 0.2) is 0 Å². The summed E-state index contributed by atoms with van der Waals surface area (Å²) < 4.78 is 5.54. The van der Waals surface area contributed by atoms with E-state index in [0.29, 0.717) is 0 Å². The van der Waals surface area contributed by atoms with Gasteiger partial charge in [0.1, 0.15) is 12.2 Å². The molecule has 0 unspecified atom stereocenters. The Hall–Kier alpha value is -1.34. The molecule has 94 valence electrons. The first-order chi connectivity index (χ1) is 8.43. The van der Waals surface area contributed by atoms with Crippen LogP contribution in [-0.4, -0.2) is 28.4 Å². The van der Waals surface area contributed by atoms with Crippen molar-refractivity contribution in [2.75, 3.05) is 13.2 Å². The Morgan fingerprint density at radius 1 is 1.24 bits per heavy atom. The van der Waals surface area contributed by atoms with Crippen molar-refractivity contribution in [1.82, 2.24) is 15.2 Å². The number of rotatable bonds is 9. The molecule has 0 aliphatic heterocycles. The van der Waals surface area contributed by atoms with E-state index in [1.807, 2.05) is 6.92 Å². The number of aryl methyl sites for hydroxylation is 1. The second kappa shape index (κ2) is 9.86. The van der Waals surface area contributed by atoms with Crippen molar-refractivity contribution in [3.05, 3.63) is 12.2 Å². The summed E-state index contributed by atoms with van der Waals surface area (Å²) in [4.78, 5) is 4.06. The Balaban J connectivity index is 1.79. The van der Waals surface area contributed by atoms with Crippen LogP contribution < -0.4 is 0 Å². The van der Waals surface area contributed by atoms with Gasteiger partial charge >= 0.3 is 0 Å². The molecule has 1 N–H and O–H groups in total. The minimum Gasteiger partial charge on any atom is -0.381 e. The van der Waals surface area contributed by atoms with Crippen LogP contribution in [0.3, 0.4) is 0 Å². The smallest absolute Gasteiger partial charge is 0.150 e. The highest BCUT2D eigenvalue weighted by Gasteiger charge is 1.96. The molecule has 17 heavy (non-hydrogen) atoms. The van der Waals surface area contributed by atoms with Crippen molar-refractivity contribution in [2.24, 2.45) is 0 Å². The van der Waals surface area contributed by atoms with E-state index < -0.39 is 0 Å². The van der Waals surface area contributed by atoms with Crippen molar-refractivity contribution in [2.45, 2.75) is 45.4 Å². The van der Waals surface area contributed by atoms with Crippen molar-refractivity contribution >= 4 is 0 Å². The number of nitrogens with zero attached hydrogens (tertiary/aromatic N) is 2. The van der Waals surface area contributed by atoms with Gasteiger partial charge < -0.3 is 4.74 Å². The Bertz CT molecular complexity index is 324. The quantitative estimate of drug-likeness (QED) is 0.528. The molecule has 0 aliphatic rings. The van der Waals surface area contributed by atoms with Crippen LogP contribution in [0, 0.1) is 11.8 Å². The van der Waals surface area contributed by atoms with E-state index in [4.69, 9.17) is 4.74 Å². The standard InChI is InChI=1S/C13H21N3O/c1-2-3-4-5-6-7-10-17-11-8-9-13-14-12-15-16-13/h12H,4-11H2,1H3,(H,14,15,16). The molecule has 1 aromatic heterocycles. The molecule has 0 amide bonds. The van der Waals surface area contributed by atoms with Crippen molar-refractivity contribution in [3.8, 4) is 11.8 Å². The van der Waals surface area contributed by atoms with Crippen molar-refractivity contribution in [1.29, 1.82) is 0 Å². The van der Waals surface area contributed by atoms with Gasteiger partial charge in [-0.1, -0.05) is 6.42 Å². The van der Waals surface area contributed by atoms with Gasteiger partial charge in [0, 0.05) is 26.1 Å². The lowest BCUT2D eigenvalue weighted by atomic mass is 10.2. The topological polar surface area (TPSA) is 50.8 Å². The first-order valence-electron chi connectivity index (χ1n) is 6.25. The Morgan fingerprint density at radius 2 is 2.12 bits per heavy atom. The fraction of sp³-hybridized carbons (Fsp3) is 0.692. The maximum Gasteiger partial charge on any atom is 0.150 e. The number of ether oxygens (including phenoxy) is 1. The van der Waals surface area contributed by atoms with E-state index in [2.05, 4.69) is 27.0 Å². The highest BCUT2D eigenvalue weighted by atomic mass is 16.5. The highest BCUT2D eigenvalue weighted by molar-refractivity contribution is 4.94. The fourth-order valence-corrected chi connectivity index (χ4v) is 1.51. The molecule has 1 aromatic rings. The molecule has 1 heterocycles. The molecule has 4 nitrogen and oxygen atoms in total. The molecule has 0 radical (unpaired) electrons. The Morgan fingerprint density at radius 3 is 2.88 bits per heavy atom. The van der Waals surface area contributed by atoms with E-state index >= 15 is 0 Å². The lowest BCUT2D eigenvalue weighted by molar-refractivity contribution is 0.127. The summed E-state index contributed by atoms with van der Waals surface area (Å²) in [5, 5.41) is 6.69. The molecule has 1 rings (SSSR count). The summed E-state index contributed by atoms with van der Waals surface area (Å²) in [5.74, 6) is 6.84. The van der Waals surface area contributed by atoms with Crippen LogP contribution in [0.1, 0.15) is 44.9 Å². The lowest BCUT2D eigenvalue weighted by Gasteiger charge is -2.02. The number of aromatic amines is 1. The molecule has 0 fully saturated rings. The molecule has 0 atom stereocenters. The maximum absolute atomic E-state index is 5.54. The van der Waals surface area contributed by atoms with Gasteiger partial charge in [-0.05, 0) is 26.2 Å². The number of nitrogens with one attached hydrogen (secondary N) is 1. The predicted octanol–water partition coefficient (Wildman–Crippen LogP) is 2.34. The van der Waals surface area contributed by atoms with Crippen LogP contribution in [0.4, 0.5) is 0 Å². The summed E-state index contributed by atoms with van der Waals surface area (Å²) in [6.07, 6.45) is 8.01. The van der Waals surface area contributed by atoms with Crippen LogP contribution in [0.25, 0.3) is 0 Å². The van der Waals surface area contributed by atoms with Crippen LogP contribution in [0.5, 0.6) is 0 Å². The van der Waals surface area contributed by atoms with E-state index in [9.17, 15) is 0 Å². The van der Waals surface area contributed by atoms with Crippen molar-refractivity contribution < 1.29 is 4.74 Å².